The van der Waals surface area contributed by atoms with Crippen molar-refractivity contribution in [3.05, 3.63) is 139 Å². The molecule has 0 amide bonds. The van der Waals surface area contributed by atoms with Gasteiger partial charge in [0.15, 0.2) is 0 Å². The van der Waals surface area contributed by atoms with Gasteiger partial charge in [0.05, 0.1) is 16.6 Å². The summed E-state index contributed by atoms with van der Waals surface area (Å²) in [5.74, 6) is 0.560. The van der Waals surface area contributed by atoms with Crippen LogP contribution < -0.4 is 5.56 Å². The van der Waals surface area contributed by atoms with E-state index in [4.69, 9.17) is 16.6 Å². The molecule has 2 aromatic heterocycles. The van der Waals surface area contributed by atoms with Gasteiger partial charge in [0, 0.05) is 37.3 Å². The molecule has 6 heteroatoms. The van der Waals surface area contributed by atoms with E-state index in [-0.39, 0.29) is 5.56 Å². The minimum atomic E-state index is -0.112. The number of rotatable bonds is 5. The molecule has 0 bridgehead atoms. The molecule has 38 heavy (non-hydrogen) atoms. The zero-order valence-corrected chi connectivity index (χ0v) is 23.5. The Labute approximate surface area is 239 Å². The Hall–Kier alpha value is -3.68. The Balaban J connectivity index is 1.53. The van der Waals surface area contributed by atoms with Crippen LogP contribution >= 0.6 is 34.2 Å². The molecule has 186 valence electrons. The van der Waals surface area contributed by atoms with Gasteiger partial charge in [-0.05, 0) is 95.8 Å². The quantitative estimate of drug-likeness (QED) is 0.181. The van der Waals surface area contributed by atoms with Gasteiger partial charge in [0.2, 0.25) is 0 Å². The molecule has 6 aromatic rings. The van der Waals surface area contributed by atoms with Crippen LogP contribution in [0.5, 0.6) is 0 Å². The molecule has 4 aromatic carbocycles. The smallest absolute Gasteiger partial charge is 0.266 e. The van der Waals surface area contributed by atoms with E-state index in [2.05, 4.69) is 88.7 Å². The van der Waals surface area contributed by atoms with Gasteiger partial charge in [-0.15, -0.1) is 0 Å². The maximum absolute atomic E-state index is 13.7. The zero-order chi connectivity index (χ0) is 26.2. The second kappa shape index (κ2) is 10.2. The molecule has 0 saturated carbocycles. The minimum absolute atomic E-state index is 0.112. The second-order valence-corrected chi connectivity index (χ2v) is 10.9. The Morgan fingerprint density at radius 3 is 2.39 bits per heavy atom. The molecule has 0 unspecified atom stereocenters. The monoisotopic (exact) mass is 627 g/mol. The number of hydrogen-bond donors (Lipinski definition) is 0. The van der Waals surface area contributed by atoms with Crippen LogP contribution in [-0.4, -0.2) is 14.1 Å². The molecule has 0 aliphatic carbocycles. The van der Waals surface area contributed by atoms with Crippen LogP contribution in [0.3, 0.4) is 0 Å². The van der Waals surface area contributed by atoms with Crippen LogP contribution in [0.15, 0.2) is 102 Å². The second-order valence-electron chi connectivity index (χ2n) is 9.17. The van der Waals surface area contributed by atoms with Crippen LogP contribution in [-0.2, 0) is 6.54 Å². The van der Waals surface area contributed by atoms with Crippen molar-refractivity contribution in [2.24, 2.45) is 0 Å². The molecule has 2 heterocycles. The first-order chi connectivity index (χ1) is 18.5. The first kappa shape index (κ1) is 24.6. The van der Waals surface area contributed by atoms with E-state index >= 15 is 0 Å². The highest BCUT2D eigenvalue weighted by atomic mass is 127. The summed E-state index contributed by atoms with van der Waals surface area (Å²) in [4.78, 5) is 18.6. The van der Waals surface area contributed by atoms with Gasteiger partial charge in [-0.25, -0.2) is 4.98 Å². The molecule has 0 saturated heterocycles. The summed E-state index contributed by atoms with van der Waals surface area (Å²) >= 11 is 8.37. The molecule has 0 atom stereocenters. The third-order valence-corrected chi connectivity index (χ3v) is 7.73. The van der Waals surface area contributed by atoms with Crippen LogP contribution in [0.25, 0.3) is 39.6 Å². The van der Waals surface area contributed by atoms with Crippen molar-refractivity contribution in [2.45, 2.75) is 13.5 Å². The van der Waals surface area contributed by atoms with E-state index in [1.165, 1.54) is 11.1 Å². The molecule has 0 fully saturated rings. The Bertz CT molecular complexity index is 1890. The fourth-order valence-electron chi connectivity index (χ4n) is 4.92. The predicted octanol–water partition coefficient (Wildman–Crippen LogP) is 8.13. The van der Waals surface area contributed by atoms with Gasteiger partial charge in [-0.2, -0.15) is 0 Å². The SMILES string of the molecule is Cc1c(/C=C/c2nc3ccc(I)cc3c(=O)n2-c2ccc(Cl)cc2)c2ccccc2n1Cc1ccccc1. The fraction of sp³-hybridized carbons (Fsp3) is 0.0625. The van der Waals surface area contributed by atoms with E-state index in [9.17, 15) is 4.79 Å². The summed E-state index contributed by atoms with van der Waals surface area (Å²) in [5.41, 5.74) is 5.95. The van der Waals surface area contributed by atoms with Gasteiger partial charge < -0.3 is 4.57 Å². The summed E-state index contributed by atoms with van der Waals surface area (Å²) in [6, 6.07) is 31.9. The predicted molar refractivity (Wildman–Crippen MR) is 166 cm³/mol. The first-order valence-corrected chi connectivity index (χ1v) is 13.7. The highest BCUT2D eigenvalue weighted by Gasteiger charge is 2.15. The molecule has 0 aliphatic rings. The number of para-hydroxylation sites is 1. The zero-order valence-electron chi connectivity index (χ0n) is 20.6. The topological polar surface area (TPSA) is 39.8 Å². The van der Waals surface area contributed by atoms with Crippen molar-refractivity contribution >= 4 is 68.1 Å². The van der Waals surface area contributed by atoms with Crippen molar-refractivity contribution in [3.63, 3.8) is 0 Å². The lowest BCUT2D eigenvalue weighted by Gasteiger charge is -2.12. The van der Waals surface area contributed by atoms with Gasteiger partial charge in [-0.1, -0.05) is 60.1 Å². The van der Waals surface area contributed by atoms with Gasteiger partial charge in [0.25, 0.3) is 5.56 Å². The number of nitrogens with zero attached hydrogens (tertiary/aromatic N) is 3. The summed E-state index contributed by atoms with van der Waals surface area (Å²) in [5, 5.41) is 2.36. The summed E-state index contributed by atoms with van der Waals surface area (Å²) in [6.07, 6.45) is 4.01. The van der Waals surface area contributed by atoms with Gasteiger partial charge in [0.1, 0.15) is 5.82 Å². The number of halogens is 2. The highest BCUT2D eigenvalue weighted by molar-refractivity contribution is 14.1. The molecule has 4 nitrogen and oxygen atoms in total. The third-order valence-electron chi connectivity index (χ3n) is 6.80. The van der Waals surface area contributed by atoms with Crippen LogP contribution in [0.2, 0.25) is 5.02 Å². The van der Waals surface area contributed by atoms with E-state index in [1.807, 2.05) is 42.5 Å². The number of benzene rings is 4. The first-order valence-electron chi connectivity index (χ1n) is 12.3. The lowest BCUT2D eigenvalue weighted by Crippen LogP contribution is -2.22. The Morgan fingerprint density at radius 2 is 1.61 bits per heavy atom. The average Bonchev–Trinajstić information content (AvgIpc) is 3.19. The number of fused-ring (bicyclic) bond motifs is 2. The summed E-state index contributed by atoms with van der Waals surface area (Å²) < 4.78 is 4.98. The molecule has 6 rings (SSSR count). The van der Waals surface area contributed by atoms with E-state index < -0.39 is 0 Å². The lowest BCUT2D eigenvalue weighted by atomic mass is 10.1. The van der Waals surface area contributed by atoms with E-state index in [0.717, 1.165) is 32.4 Å². The molecule has 0 radical (unpaired) electrons. The molecule has 0 spiro atoms. The third kappa shape index (κ3) is 4.57. The van der Waals surface area contributed by atoms with E-state index in [0.29, 0.717) is 21.7 Å². The number of hydrogen-bond acceptors (Lipinski definition) is 2. The Morgan fingerprint density at radius 1 is 0.868 bits per heavy atom. The molecule has 0 aliphatic heterocycles. The molecular formula is C32H23ClIN3O. The van der Waals surface area contributed by atoms with Crippen molar-refractivity contribution in [1.82, 2.24) is 14.1 Å². The van der Waals surface area contributed by atoms with Crippen molar-refractivity contribution in [2.75, 3.05) is 0 Å². The maximum atomic E-state index is 13.7. The van der Waals surface area contributed by atoms with Crippen LogP contribution in [0, 0.1) is 10.5 Å². The lowest BCUT2D eigenvalue weighted by molar-refractivity contribution is 0.804. The largest absolute Gasteiger partial charge is 0.340 e. The van der Waals surface area contributed by atoms with Gasteiger partial charge in [-0.3, -0.25) is 9.36 Å². The van der Waals surface area contributed by atoms with Crippen molar-refractivity contribution < 1.29 is 0 Å². The highest BCUT2D eigenvalue weighted by Crippen LogP contribution is 2.29. The Kier molecular flexibility index (Phi) is 6.64. The van der Waals surface area contributed by atoms with Crippen molar-refractivity contribution in [1.29, 1.82) is 0 Å². The van der Waals surface area contributed by atoms with Crippen molar-refractivity contribution in [3.8, 4) is 5.69 Å². The number of aromatic nitrogens is 3. The summed E-state index contributed by atoms with van der Waals surface area (Å²) in [7, 11) is 0. The summed E-state index contributed by atoms with van der Waals surface area (Å²) in [6.45, 7) is 2.92. The van der Waals surface area contributed by atoms with Crippen LogP contribution in [0.1, 0.15) is 22.6 Å². The standard InChI is InChI=1S/C32H23ClIN3O/c1-21-26(27-9-5-6-10-30(27)36(21)20-22-7-3-2-4-8-22)16-18-31-35-29-17-13-24(34)19-28(29)32(38)37(31)25-14-11-23(33)12-15-25/h2-19H,20H2,1H3/b18-16+. The van der Waals surface area contributed by atoms with Crippen LogP contribution in [0.4, 0.5) is 0 Å². The molecular weight excluding hydrogens is 605 g/mol. The fourth-order valence-corrected chi connectivity index (χ4v) is 5.54. The van der Waals surface area contributed by atoms with Gasteiger partial charge >= 0.3 is 0 Å². The van der Waals surface area contributed by atoms with E-state index in [1.54, 1.807) is 16.7 Å². The molecule has 0 N–H and O–H groups in total. The maximum Gasteiger partial charge on any atom is 0.266 e. The average molecular weight is 628 g/mol. The minimum Gasteiger partial charge on any atom is -0.340 e. The normalized spacial score (nSPS) is 11.7.